The summed E-state index contributed by atoms with van der Waals surface area (Å²) in [5, 5.41) is 0. The Morgan fingerprint density at radius 1 is 1.33 bits per heavy atom. The molecule has 5 nitrogen and oxygen atoms in total. The van der Waals surface area contributed by atoms with Gasteiger partial charge in [0.1, 0.15) is 17.3 Å². The minimum atomic E-state index is -0.342. The maximum Gasteiger partial charge on any atom is 0.310 e. The van der Waals surface area contributed by atoms with Crippen LogP contribution >= 0.6 is 0 Å². The van der Waals surface area contributed by atoms with Gasteiger partial charge in [-0.3, -0.25) is 9.59 Å². The van der Waals surface area contributed by atoms with Gasteiger partial charge in [-0.05, 0) is 24.3 Å². The summed E-state index contributed by atoms with van der Waals surface area (Å²) >= 11 is 0. The topological polar surface area (TPSA) is 65.7 Å². The highest BCUT2D eigenvalue weighted by atomic mass is 16.5. The zero-order chi connectivity index (χ0) is 14.8. The molecule has 3 rings (SSSR count). The molecule has 106 valence electrons. The summed E-state index contributed by atoms with van der Waals surface area (Å²) < 4.78 is 15.8. The summed E-state index contributed by atoms with van der Waals surface area (Å²) in [6.07, 6.45) is 3.32. The van der Waals surface area contributed by atoms with Gasteiger partial charge in [0.2, 0.25) is 5.78 Å². The first kappa shape index (κ1) is 13.2. The molecule has 0 bridgehead atoms. The van der Waals surface area contributed by atoms with E-state index in [1.54, 1.807) is 31.2 Å². The Labute approximate surface area is 120 Å². The lowest BCUT2D eigenvalue weighted by Gasteiger charge is -2.03. The number of allylic oxidation sites excluding steroid dienone is 1. The highest BCUT2D eigenvalue weighted by molar-refractivity contribution is 6.14. The summed E-state index contributed by atoms with van der Waals surface area (Å²) in [4.78, 5) is 23.4. The van der Waals surface area contributed by atoms with Crippen molar-refractivity contribution in [1.82, 2.24) is 0 Å². The van der Waals surface area contributed by atoms with E-state index in [4.69, 9.17) is 13.9 Å². The number of hydrogen-bond acceptors (Lipinski definition) is 5. The molecule has 0 fully saturated rings. The second kappa shape index (κ2) is 5.28. The van der Waals surface area contributed by atoms with E-state index in [0.29, 0.717) is 22.8 Å². The lowest BCUT2D eigenvalue weighted by Crippen LogP contribution is -2.05. The molecule has 0 atom stereocenters. The molecule has 1 aromatic carbocycles. The van der Waals surface area contributed by atoms with Crippen LogP contribution in [-0.2, 0) is 4.79 Å². The normalized spacial score (nSPS) is 14.9. The van der Waals surface area contributed by atoms with Gasteiger partial charge in [-0.15, -0.1) is 0 Å². The zero-order valence-electron chi connectivity index (χ0n) is 11.3. The molecule has 0 radical (unpaired) electrons. The highest BCUT2D eigenvalue weighted by Crippen LogP contribution is 2.34. The molecule has 0 saturated heterocycles. The van der Waals surface area contributed by atoms with E-state index >= 15 is 0 Å². The molecule has 0 N–H and O–H groups in total. The van der Waals surface area contributed by atoms with E-state index in [1.165, 1.54) is 18.4 Å². The SMILES string of the molecule is CCC(=O)Oc1ccc2c(c1)O/C(=C/c1ccco1)C2=O. The number of esters is 1. The van der Waals surface area contributed by atoms with Gasteiger partial charge < -0.3 is 13.9 Å². The number of ketones is 1. The molecule has 0 spiro atoms. The average Bonchev–Trinajstić information content (AvgIpc) is 3.08. The Kier molecular flexibility index (Phi) is 3.31. The predicted molar refractivity (Wildman–Crippen MR) is 74.0 cm³/mol. The van der Waals surface area contributed by atoms with Crippen molar-refractivity contribution >= 4 is 17.8 Å². The van der Waals surface area contributed by atoms with Crippen molar-refractivity contribution in [3.05, 3.63) is 53.7 Å². The monoisotopic (exact) mass is 284 g/mol. The van der Waals surface area contributed by atoms with Crippen LogP contribution < -0.4 is 9.47 Å². The van der Waals surface area contributed by atoms with Crippen molar-refractivity contribution in [2.75, 3.05) is 0 Å². The molecule has 2 heterocycles. The summed E-state index contributed by atoms with van der Waals surface area (Å²) in [7, 11) is 0. The van der Waals surface area contributed by atoms with E-state index in [1.807, 2.05) is 0 Å². The molecule has 1 aliphatic rings. The molecule has 0 saturated carbocycles. The number of carbonyl (C=O) groups excluding carboxylic acids is 2. The van der Waals surface area contributed by atoms with Crippen LogP contribution in [0, 0.1) is 0 Å². The van der Waals surface area contributed by atoms with Gasteiger partial charge >= 0.3 is 5.97 Å². The summed E-state index contributed by atoms with van der Waals surface area (Å²) in [6, 6.07) is 8.13. The fourth-order valence-corrected chi connectivity index (χ4v) is 1.94. The quantitative estimate of drug-likeness (QED) is 0.492. The van der Waals surface area contributed by atoms with Crippen LogP contribution in [0.2, 0.25) is 0 Å². The first-order valence-electron chi connectivity index (χ1n) is 6.50. The molecule has 1 aliphatic heterocycles. The molecule has 1 aromatic heterocycles. The van der Waals surface area contributed by atoms with E-state index < -0.39 is 0 Å². The molecule has 21 heavy (non-hydrogen) atoms. The molecular weight excluding hydrogens is 272 g/mol. The van der Waals surface area contributed by atoms with Crippen molar-refractivity contribution in [3.8, 4) is 11.5 Å². The van der Waals surface area contributed by atoms with Gasteiger partial charge in [0.15, 0.2) is 5.76 Å². The van der Waals surface area contributed by atoms with Gasteiger partial charge in [0, 0.05) is 18.6 Å². The van der Waals surface area contributed by atoms with Crippen LogP contribution in [0.1, 0.15) is 29.5 Å². The number of hydrogen-bond donors (Lipinski definition) is 0. The highest BCUT2D eigenvalue weighted by Gasteiger charge is 2.28. The number of benzene rings is 1. The Balaban J connectivity index is 1.87. The minimum absolute atomic E-state index is 0.180. The van der Waals surface area contributed by atoms with Gasteiger partial charge in [-0.2, -0.15) is 0 Å². The van der Waals surface area contributed by atoms with Crippen molar-refractivity contribution in [2.24, 2.45) is 0 Å². The number of rotatable bonds is 3. The fraction of sp³-hybridized carbons (Fsp3) is 0.125. The Morgan fingerprint density at radius 3 is 2.90 bits per heavy atom. The third-order valence-corrected chi connectivity index (χ3v) is 2.98. The van der Waals surface area contributed by atoms with Crippen LogP contribution in [0.3, 0.4) is 0 Å². The maximum atomic E-state index is 12.2. The molecular formula is C16H12O5. The number of furan rings is 1. The summed E-state index contributed by atoms with van der Waals surface area (Å²) in [6.45, 7) is 1.71. The van der Waals surface area contributed by atoms with Crippen LogP contribution in [0.25, 0.3) is 6.08 Å². The van der Waals surface area contributed by atoms with Crippen LogP contribution in [0.15, 0.2) is 46.8 Å². The first-order chi connectivity index (χ1) is 10.2. The molecule has 0 aliphatic carbocycles. The second-order valence-electron chi connectivity index (χ2n) is 4.44. The molecule has 2 aromatic rings. The first-order valence-corrected chi connectivity index (χ1v) is 6.50. The Bertz CT molecular complexity index is 725. The number of Topliss-reactive ketones (excluding diaryl/α,β-unsaturated/α-hetero) is 1. The van der Waals surface area contributed by atoms with Crippen molar-refractivity contribution in [1.29, 1.82) is 0 Å². The van der Waals surface area contributed by atoms with Crippen molar-refractivity contribution < 1.29 is 23.5 Å². The maximum absolute atomic E-state index is 12.2. The number of carbonyl (C=O) groups is 2. The van der Waals surface area contributed by atoms with Gasteiger partial charge in [0.25, 0.3) is 0 Å². The van der Waals surface area contributed by atoms with E-state index in [0.717, 1.165) is 0 Å². The average molecular weight is 284 g/mol. The van der Waals surface area contributed by atoms with Gasteiger partial charge in [-0.1, -0.05) is 6.92 Å². The van der Waals surface area contributed by atoms with Gasteiger partial charge in [-0.25, -0.2) is 0 Å². The van der Waals surface area contributed by atoms with Crippen molar-refractivity contribution in [3.63, 3.8) is 0 Å². The summed E-state index contributed by atoms with van der Waals surface area (Å²) in [5.74, 6) is 0.870. The third-order valence-electron chi connectivity index (χ3n) is 2.98. The molecule has 0 amide bonds. The number of ether oxygens (including phenoxy) is 2. The lowest BCUT2D eigenvalue weighted by atomic mass is 10.1. The standard InChI is InChI=1S/C16H12O5/c1-2-15(17)20-11-5-6-12-13(9-11)21-14(16(12)18)8-10-4-3-7-19-10/h3-9H,2H2,1H3/b14-8+. The van der Waals surface area contributed by atoms with Crippen LogP contribution in [0.4, 0.5) is 0 Å². The smallest absolute Gasteiger partial charge is 0.310 e. The minimum Gasteiger partial charge on any atom is -0.465 e. The Hall–Kier alpha value is -2.82. The Morgan fingerprint density at radius 2 is 2.19 bits per heavy atom. The largest absolute Gasteiger partial charge is 0.465 e. The zero-order valence-corrected chi connectivity index (χ0v) is 11.3. The van der Waals surface area contributed by atoms with Crippen molar-refractivity contribution in [2.45, 2.75) is 13.3 Å². The van der Waals surface area contributed by atoms with E-state index in [-0.39, 0.29) is 23.9 Å². The predicted octanol–water partition coefficient (Wildman–Crippen LogP) is 3.21. The molecule has 5 heteroatoms. The van der Waals surface area contributed by atoms with Gasteiger partial charge in [0.05, 0.1) is 11.8 Å². The fourth-order valence-electron chi connectivity index (χ4n) is 1.94. The van der Waals surface area contributed by atoms with Crippen LogP contribution in [0.5, 0.6) is 11.5 Å². The molecule has 0 unspecified atom stereocenters. The van der Waals surface area contributed by atoms with E-state index in [2.05, 4.69) is 0 Å². The van der Waals surface area contributed by atoms with E-state index in [9.17, 15) is 9.59 Å². The summed E-state index contributed by atoms with van der Waals surface area (Å²) in [5.41, 5.74) is 0.434. The lowest BCUT2D eigenvalue weighted by molar-refractivity contribution is -0.134. The third kappa shape index (κ3) is 2.58. The second-order valence-corrected chi connectivity index (χ2v) is 4.44. The number of fused-ring (bicyclic) bond motifs is 1. The van der Waals surface area contributed by atoms with Crippen LogP contribution in [-0.4, -0.2) is 11.8 Å².